The van der Waals surface area contributed by atoms with Crippen LogP contribution in [0.2, 0.25) is 0 Å². The van der Waals surface area contributed by atoms with Crippen molar-refractivity contribution in [3.05, 3.63) is 35.4 Å². The van der Waals surface area contributed by atoms with Crippen LogP contribution in [0.5, 0.6) is 0 Å². The number of carboxylic acids is 1. The Morgan fingerprint density at radius 2 is 2.17 bits per heavy atom. The number of rotatable bonds is 6. The molecular weight excluding hydrogens is 250 g/mol. The van der Waals surface area contributed by atoms with Gasteiger partial charge in [0.05, 0.1) is 5.75 Å². The average molecular weight is 267 g/mol. The fourth-order valence-corrected chi connectivity index (χ4v) is 2.19. The number of thioether (sulfide) groups is 1. The Labute approximate surface area is 111 Å². The molecule has 0 spiro atoms. The molecule has 0 aliphatic heterocycles. The molecule has 0 saturated heterocycles. The Morgan fingerprint density at radius 1 is 1.44 bits per heavy atom. The third kappa shape index (κ3) is 5.23. The fraction of sp³-hybridized carbons (Fsp3) is 0.385. The van der Waals surface area contributed by atoms with Crippen LogP contribution in [0.3, 0.4) is 0 Å². The van der Waals surface area contributed by atoms with E-state index in [1.165, 1.54) is 29.8 Å². The lowest BCUT2D eigenvalue weighted by Crippen LogP contribution is -2.39. The smallest absolute Gasteiger partial charge is 0.325 e. The Kier molecular flexibility index (Phi) is 5.71. The zero-order valence-electron chi connectivity index (χ0n) is 10.5. The number of hydrogen-bond acceptors (Lipinski definition) is 3. The highest BCUT2D eigenvalue weighted by Gasteiger charge is 2.13. The van der Waals surface area contributed by atoms with Crippen molar-refractivity contribution in [2.75, 3.05) is 5.75 Å². The predicted molar refractivity (Wildman–Crippen MR) is 72.6 cm³/mol. The third-order valence-electron chi connectivity index (χ3n) is 2.33. The van der Waals surface area contributed by atoms with Gasteiger partial charge in [-0.05, 0) is 19.4 Å². The number of carbonyl (C=O) groups is 2. The molecule has 0 aliphatic rings. The second kappa shape index (κ2) is 7.06. The van der Waals surface area contributed by atoms with Gasteiger partial charge in [-0.15, -0.1) is 11.8 Å². The Bertz CT molecular complexity index is 434. The molecule has 5 heteroatoms. The van der Waals surface area contributed by atoms with Crippen molar-refractivity contribution >= 4 is 23.6 Å². The second-order valence-corrected chi connectivity index (χ2v) is 5.09. The van der Waals surface area contributed by atoms with Crippen LogP contribution < -0.4 is 5.32 Å². The van der Waals surface area contributed by atoms with Gasteiger partial charge in [0, 0.05) is 5.75 Å². The first-order valence-corrected chi connectivity index (χ1v) is 6.80. The molecular formula is C13H17NO3S. The zero-order valence-corrected chi connectivity index (χ0v) is 11.3. The van der Waals surface area contributed by atoms with E-state index in [4.69, 9.17) is 5.11 Å². The SMILES string of the molecule is Cc1cccc(CSCC(=O)N[C@H](C)C(=O)O)c1. The number of benzene rings is 1. The summed E-state index contributed by atoms with van der Waals surface area (Å²) in [7, 11) is 0. The van der Waals surface area contributed by atoms with Gasteiger partial charge in [0.1, 0.15) is 6.04 Å². The van der Waals surface area contributed by atoms with Gasteiger partial charge in [0.25, 0.3) is 0 Å². The Balaban J connectivity index is 2.29. The molecule has 98 valence electrons. The Hall–Kier alpha value is -1.49. The molecule has 0 bridgehead atoms. The van der Waals surface area contributed by atoms with Gasteiger partial charge in [-0.3, -0.25) is 9.59 Å². The molecule has 1 atom stereocenters. The Morgan fingerprint density at radius 3 is 2.78 bits per heavy atom. The van der Waals surface area contributed by atoms with Gasteiger partial charge in [0.2, 0.25) is 5.91 Å². The van der Waals surface area contributed by atoms with Crippen molar-refractivity contribution in [2.45, 2.75) is 25.6 Å². The van der Waals surface area contributed by atoms with E-state index in [9.17, 15) is 9.59 Å². The quantitative estimate of drug-likeness (QED) is 0.825. The summed E-state index contributed by atoms with van der Waals surface area (Å²) in [5.41, 5.74) is 2.36. The largest absolute Gasteiger partial charge is 0.480 e. The van der Waals surface area contributed by atoms with E-state index in [0.717, 1.165) is 5.75 Å². The number of amides is 1. The summed E-state index contributed by atoms with van der Waals surface area (Å²) in [5.74, 6) is -0.253. The van der Waals surface area contributed by atoms with E-state index in [1.54, 1.807) is 0 Å². The van der Waals surface area contributed by atoms with Crippen LogP contribution in [0.25, 0.3) is 0 Å². The topological polar surface area (TPSA) is 66.4 Å². The summed E-state index contributed by atoms with van der Waals surface area (Å²) in [6.45, 7) is 3.47. The maximum absolute atomic E-state index is 11.4. The van der Waals surface area contributed by atoms with Gasteiger partial charge in [-0.2, -0.15) is 0 Å². The minimum atomic E-state index is -1.02. The highest BCUT2D eigenvalue weighted by atomic mass is 32.2. The van der Waals surface area contributed by atoms with Crippen LogP contribution in [-0.4, -0.2) is 28.8 Å². The van der Waals surface area contributed by atoms with Crippen molar-refractivity contribution in [1.82, 2.24) is 5.32 Å². The molecule has 1 aromatic rings. The van der Waals surface area contributed by atoms with Crippen LogP contribution in [-0.2, 0) is 15.3 Å². The molecule has 0 unspecified atom stereocenters. The van der Waals surface area contributed by atoms with Crippen LogP contribution in [0.4, 0.5) is 0 Å². The van der Waals surface area contributed by atoms with E-state index < -0.39 is 12.0 Å². The number of nitrogens with one attached hydrogen (secondary N) is 1. The van der Waals surface area contributed by atoms with E-state index in [0.29, 0.717) is 0 Å². The summed E-state index contributed by atoms with van der Waals surface area (Å²) in [4.78, 5) is 22.0. The first-order chi connectivity index (χ1) is 8.49. The molecule has 1 rings (SSSR count). The van der Waals surface area contributed by atoms with Gasteiger partial charge in [-0.1, -0.05) is 29.8 Å². The summed E-state index contributed by atoms with van der Waals surface area (Å²) >= 11 is 1.47. The lowest BCUT2D eigenvalue weighted by molar-refractivity contribution is -0.140. The predicted octanol–water partition coefficient (Wildman–Crippen LogP) is 1.82. The van der Waals surface area contributed by atoms with E-state index in [-0.39, 0.29) is 11.7 Å². The lowest BCUT2D eigenvalue weighted by atomic mass is 10.2. The van der Waals surface area contributed by atoms with E-state index >= 15 is 0 Å². The first kappa shape index (κ1) is 14.6. The van der Waals surface area contributed by atoms with Gasteiger partial charge >= 0.3 is 5.97 Å². The van der Waals surface area contributed by atoms with Gasteiger partial charge < -0.3 is 10.4 Å². The van der Waals surface area contributed by atoms with E-state index in [2.05, 4.69) is 11.4 Å². The summed E-state index contributed by atoms with van der Waals surface area (Å²) < 4.78 is 0. The molecule has 0 aliphatic carbocycles. The number of carbonyl (C=O) groups excluding carboxylic acids is 1. The minimum absolute atomic E-state index is 0.248. The highest BCUT2D eigenvalue weighted by Crippen LogP contribution is 2.13. The van der Waals surface area contributed by atoms with Crippen molar-refractivity contribution < 1.29 is 14.7 Å². The molecule has 0 heterocycles. The standard InChI is InChI=1S/C13H17NO3S/c1-9-4-3-5-11(6-9)7-18-8-12(15)14-10(2)13(16)17/h3-6,10H,7-8H2,1-2H3,(H,14,15)(H,16,17)/t10-/m1/s1. The third-order valence-corrected chi connectivity index (χ3v) is 3.34. The van der Waals surface area contributed by atoms with Gasteiger partial charge in [-0.25, -0.2) is 0 Å². The van der Waals surface area contributed by atoms with Crippen LogP contribution >= 0.6 is 11.8 Å². The maximum atomic E-state index is 11.4. The minimum Gasteiger partial charge on any atom is -0.480 e. The molecule has 0 fully saturated rings. The van der Waals surface area contributed by atoms with Crippen molar-refractivity contribution in [3.8, 4) is 0 Å². The lowest BCUT2D eigenvalue weighted by Gasteiger charge is -2.09. The molecule has 0 radical (unpaired) electrons. The summed E-state index contributed by atoms with van der Waals surface area (Å²) in [6.07, 6.45) is 0. The number of hydrogen-bond donors (Lipinski definition) is 2. The normalized spacial score (nSPS) is 11.9. The van der Waals surface area contributed by atoms with Crippen molar-refractivity contribution in [2.24, 2.45) is 0 Å². The summed E-state index contributed by atoms with van der Waals surface area (Å²) in [5, 5.41) is 11.1. The molecule has 2 N–H and O–H groups in total. The molecule has 1 amide bonds. The molecule has 1 aromatic carbocycles. The molecule has 18 heavy (non-hydrogen) atoms. The highest BCUT2D eigenvalue weighted by molar-refractivity contribution is 7.99. The molecule has 4 nitrogen and oxygen atoms in total. The maximum Gasteiger partial charge on any atom is 0.325 e. The average Bonchev–Trinajstić information content (AvgIpc) is 2.28. The first-order valence-electron chi connectivity index (χ1n) is 5.64. The van der Waals surface area contributed by atoms with Crippen LogP contribution in [0.15, 0.2) is 24.3 Å². The monoisotopic (exact) mass is 267 g/mol. The number of aryl methyl sites for hydroxylation is 1. The molecule has 0 aromatic heterocycles. The second-order valence-electron chi connectivity index (χ2n) is 4.11. The number of carboxylic acid groups (broad SMARTS) is 1. The molecule has 0 saturated carbocycles. The van der Waals surface area contributed by atoms with Crippen LogP contribution in [0.1, 0.15) is 18.1 Å². The number of aliphatic carboxylic acids is 1. The van der Waals surface area contributed by atoms with E-state index in [1.807, 2.05) is 25.1 Å². The fourth-order valence-electron chi connectivity index (χ4n) is 1.41. The summed E-state index contributed by atoms with van der Waals surface area (Å²) in [6, 6.07) is 7.26. The zero-order chi connectivity index (χ0) is 13.5. The van der Waals surface area contributed by atoms with Gasteiger partial charge in [0.15, 0.2) is 0 Å². The van der Waals surface area contributed by atoms with Crippen LogP contribution in [0, 0.1) is 6.92 Å². The van der Waals surface area contributed by atoms with Crippen molar-refractivity contribution in [3.63, 3.8) is 0 Å². The van der Waals surface area contributed by atoms with Crippen molar-refractivity contribution in [1.29, 1.82) is 0 Å².